The molecule has 0 aromatic heterocycles. The first kappa shape index (κ1) is 15.0. The second-order valence-corrected chi connectivity index (χ2v) is 9.73. The first-order chi connectivity index (χ1) is 10.2. The van der Waals surface area contributed by atoms with E-state index in [1.165, 1.54) is 27.5 Å². The minimum Gasteiger partial charge on any atom is -0.315 e. The van der Waals surface area contributed by atoms with Crippen LogP contribution in [0.3, 0.4) is 0 Å². The van der Waals surface area contributed by atoms with E-state index < -0.39 is 10.0 Å². The van der Waals surface area contributed by atoms with Crippen molar-refractivity contribution in [2.45, 2.75) is 17.6 Å². The van der Waals surface area contributed by atoms with Crippen LogP contribution in [0.5, 0.6) is 0 Å². The zero-order valence-electron chi connectivity index (χ0n) is 12.4. The third-order valence-electron chi connectivity index (χ3n) is 4.22. The molecule has 3 heteroatoms. The van der Waals surface area contributed by atoms with E-state index in [2.05, 4.69) is 60.8 Å². The topological polar surface area (TPSA) is 12.0 Å². The molecule has 21 heavy (non-hydrogen) atoms. The molecular formula is C18H22ClNS. The van der Waals surface area contributed by atoms with Gasteiger partial charge >= 0.3 is 0 Å². The van der Waals surface area contributed by atoms with Gasteiger partial charge in [-0.2, -0.15) is 0 Å². The van der Waals surface area contributed by atoms with E-state index in [-0.39, 0.29) is 0 Å². The van der Waals surface area contributed by atoms with Gasteiger partial charge in [0.05, 0.1) is 5.02 Å². The van der Waals surface area contributed by atoms with Crippen LogP contribution in [-0.4, -0.2) is 24.6 Å². The van der Waals surface area contributed by atoms with Gasteiger partial charge in [-0.05, 0) is 35.6 Å². The number of benzene rings is 2. The van der Waals surface area contributed by atoms with Gasteiger partial charge in [0.15, 0.2) is 0 Å². The largest absolute Gasteiger partial charge is 0.315 e. The highest BCUT2D eigenvalue weighted by Crippen LogP contribution is 2.61. The first-order valence-electron chi connectivity index (χ1n) is 7.47. The Morgan fingerprint density at radius 1 is 1.00 bits per heavy atom. The van der Waals surface area contributed by atoms with Crippen LogP contribution in [0.1, 0.15) is 11.1 Å². The van der Waals surface area contributed by atoms with Crippen molar-refractivity contribution in [2.24, 2.45) is 0 Å². The number of hydrogen-bond acceptors (Lipinski definition) is 1. The summed E-state index contributed by atoms with van der Waals surface area (Å²) < 4.78 is 0. The lowest BCUT2D eigenvalue weighted by molar-refractivity contribution is 0.743. The van der Waals surface area contributed by atoms with Crippen LogP contribution in [-0.2, 0) is 5.75 Å². The summed E-state index contributed by atoms with van der Waals surface area (Å²) >= 11 is 6.62. The Morgan fingerprint density at radius 2 is 1.71 bits per heavy atom. The van der Waals surface area contributed by atoms with Crippen LogP contribution in [0.2, 0.25) is 5.02 Å². The molecule has 1 fully saturated rings. The van der Waals surface area contributed by atoms with Crippen LogP contribution in [0.4, 0.5) is 0 Å². The standard InChI is InChI=1S/C18H22ClNS/c1-15-6-5-9-17(19)18(15)21(12-10-20-11-13-21)14-16-7-3-2-4-8-16/h2-9,20H,10-14H2,1H3. The molecule has 3 rings (SSSR count). The monoisotopic (exact) mass is 319 g/mol. The number of halogens is 1. The molecule has 0 unspecified atom stereocenters. The molecule has 1 aliphatic rings. The van der Waals surface area contributed by atoms with E-state index in [0.717, 1.165) is 23.9 Å². The van der Waals surface area contributed by atoms with E-state index in [1.54, 1.807) is 0 Å². The van der Waals surface area contributed by atoms with Crippen LogP contribution < -0.4 is 5.32 Å². The van der Waals surface area contributed by atoms with Crippen LogP contribution in [0, 0.1) is 6.92 Å². The zero-order valence-corrected chi connectivity index (χ0v) is 14.0. The normalized spacial score (nSPS) is 19.1. The minimum absolute atomic E-state index is 0.885. The van der Waals surface area contributed by atoms with Crippen molar-refractivity contribution < 1.29 is 0 Å². The second kappa shape index (κ2) is 6.43. The Morgan fingerprint density at radius 3 is 2.38 bits per heavy atom. The average Bonchev–Trinajstić information content (AvgIpc) is 2.49. The molecule has 1 N–H and O–H groups in total. The summed E-state index contributed by atoms with van der Waals surface area (Å²) in [5.74, 6) is 3.61. The zero-order chi connectivity index (χ0) is 14.7. The average molecular weight is 320 g/mol. The number of aryl methyl sites for hydroxylation is 1. The molecule has 1 nitrogen and oxygen atoms in total. The van der Waals surface area contributed by atoms with E-state index >= 15 is 0 Å². The molecule has 0 amide bonds. The Labute approximate surface area is 134 Å². The van der Waals surface area contributed by atoms with Gasteiger partial charge in [-0.1, -0.05) is 54.1 Å². The number of nitrogens with one attached hydrogen (secondary N) is 1. The van der Waals surface area contributed by atoms with Gasteiger partial charge in [0, 0.05) is 23.7 Å². The molecule has 2 aromatic rings. The SMILES string of the molecule is Cc1cccc(Cl)c1S1(Cc2ccccc2)CCNCC1. The lowest BCUT2D eigenvalue weighted by atomic mass is 10.2. The van der Waals surface area contributed by atoms with Crippen molar-refractivity contribution in [1.82, 2.24) is 5.32 Å². The highest BCUT2D eigenvalue weighted by molar-refractivity contribution is 8.33. The van der Waals surface area contributed by atoms with Crippen molar-refractivity contribution in [1.29, 1.82) is 0 Å². The van der Waals surface area contributed by atoms with Crippen LogP contribution >= 0.6 is 21.6 Å². The van der Waals surface area contributed by atoms with E-state index in [0.29, 0.717) is 0 Å². The fraction of sp³-hybridized carbons (Fsp3) is 0.333. The van der Waals surface area contributed by atoms with Gasteiger partial charge in [0.25, 0.3) is 0 Å². The maximum absolute atomic E-state index is 6.62. The molecule has 0 aliphatic carbocycles. The highest BCUT2D eigenvalue weighted by Gasteiger charge is 2.31. The maximum Gasteiger partial charge on any atom is 0.0529 e. The minimum atomic E-state index is -0.885. The van der Waals surface area contributed by atoms with E-state index in [1.807, 2.05) is 0 Å². The number of hydrogen-bond donors (Lipinski definition) is 1. The van der Waals surface area contributed by atoms with E-state index in [4.69, 9.17) is 11.6 Å². The third kappa shape index (κ3) is 3.13. The molecule has 0 atom stereocenters. The smallest absolute Gasteiger partial charge is 0.0529 e. The van der Waals surface area contributed by atoms with Gasteiger partial charge in [-0.15, -0.1) is 0 Å². The lowest BCUT2D eigenvalue weighted by Gasteiger charge is -2.45. The molecule has 0 spiro atoms. The highest BCUT2D eigenvalue weighted by atomic mass is 35.5. The van der Waals surface area contributed by atoms with Crippen molar-refractivity contribution >= 4 is 21.6 Å². The van der Waals surface area contributed by atoms with Gasteiger partial charge in [0.1, 0.15) is 0 Å². The first-order valence-corrected chi connectivity index (χ1v) is 9.99. The molecule has 1 heterocycles. The van der Waals surface area contributed by atoms with Gasteiger partial charge in [-0.25, -0.2) is 10.0 Å². The van der Waals surface area contributed by atoms with Crippen molar-refractivity contribution in [3.63, 3.8) is 0 Å². The van der Waals surface area contributed by atoms with Crippen molar-refractivity contribution in [2.75, 3.05) is 24.6 Å². The third-order valence-corrected chi connectivity index (χ3v) is 8.91. The predicted molar refractivity (Wildman–Crippen MR) is 94.8 cm³/mol. The van der Waals surface area contributed by atoms with E-state index in [9.17, 15) is 0 Å². The molecule has 2 aromatic carbocycles. The predicted octanol–water partition coefficient (Wildman–Crippen LogP) is 4.62. The van der Waals surface area contributed by atoms with Crippen LogP contribution in [0.15, 0.2) is 53.4 Å². The Balaban J connectivity index is 2.05. The lowest BCUT2D eigenvalue weighted by Crippen LogP contribution is -2.35. The summed E-state index contributed by atoms with van der Waals surface area (Å²) in [6.07, 6.45) is 0. The molecule has 0 radical (unpaired) electrons. The Kier molecular flexibility index (Phi) is 4.58. The summed E-state index contributed by atoms with van der Waals surface area (Å²) in [5.41, 5.74) is 2.80. The molecule has 0 bridgehead atoms. The number of rotatable bonds is 3. The van der Waals surface area contributed by atoms with Gasteiger partial charge in [0.2, 0.25) is 0 Å². The summed E-state index contributed by atoms with van der Waals surface area (Å²) in [5, 5.41) is 4.47. The summed E-state index contributed by atoms with van der Waals surface area (Å²) in [7, 11) is -0.885. The molecule has 1 aliphatic heterocycles. The molecule has 112 valence electrons. The van der Waals surface area contributed by atoms with Crippen molar-refractivity contribution in [3.8, 4) is 0 Å². The molecule has 0 saturated carbocycles. The second-order valence-electron chi connectivity index (χ2n) is 5.72. The molecule has 1 saturated heterocycles. The summed E-state index contributed by atoms with van der Waals surface area (Å²) in [4.78, 5) is 1.44. The molecular weight excluding hydrogens is 298 g/mol. The maximum atomic E-state index is 6.62. The fourth-order valence-electron chi connectivity index (χ4n) is 3.24. The van der Waals surface area contributed by atoms with Crippen molar-refractivity contribution in [3.05, 3.63) is 64.7 Å². The fourth-order valence-corrected chi connectivity index (χ4v) is 8.13. The summed E-state index contributed by atoms with van der Waals surface area (Å²) in [6.45, 7) is 4.42. The van der Waals surface area contributed by atoms with Crippen LogP contribution in [0.25, 0.3) is 0 Å². The summed E-state index contributed by atoms with van der Waals surface area (Å²) in [6, 6.07) is 17.2. The Bertz CT molecular complexity index is 586. The Hall–Kier alpha value is -0.960. The quantitative estimate of drug-likeness (QED) is 0.870. The van der Waals surface area contributed by atoms with Gasteiger partial charge < -0.3 is 5.32 Å². The van der Waals surface area contributed by atoms with Gasteiger partial charge in [-0.3, -0.25) is 0 Å².